The first-order valence-corrected chi connectivity index (χ1v) is 6.47. The van der Waals surface area contributed by atoms with Gasteiger partial charge in [0.1, 0.15) is 13.2 Å². The summed E-state index contributed by atoms with van der Waals surface area (Å²) in [4.78, 5) is 13.3. The summed E-state index contributed by atoms with van der Waals surface area (Å²) >= 11 is 5.59. The smallest absolute Gasteiger partial charge is 0.362 e. The van der Waals surface area contributed by atoms with E-state index in [1.54, 1.807) is 4.90 Å². The topological polar surface area (TPSA) is 29.5 Å². The highest BCUT2D eigenvalue weighted by atomic mass is 35.5. The Balaban J connectivity index is 2.31. The lowest BCUT2D eigenvalue weighted by atomic mass is 10.1. The lowest BCUT2D eigenvalue weighted by molar-refractivity contribution is -0.178. The molecule has 0 aliphatic carbocycles. The second-order valence-electron chi connectivity index (χ2n) is 4.32. The van der Waals surface area contributed by atoms with Crippen LogP contribution in [0.2, 0.25) is 0 Å². The number of likely N-dealkylation sites (tertiary alicyclic amines) is 1. The van der Waals surface area contributed by atoms with E-state index in [-0.39, 0.29) is 11.9 Å². The molecule has 1 heterocycles. The van der Waals surface area contributed by atoms with Crippen LogP contribution in [0.3, 0.4) is 0 Å². The van der Waals surface area contributed by atoms with Crippen LogP contribution in [0, 0.1) is 0 Å². The molecule has 1 aliphatic heterocycles. The number of carbonyl (C=O) groups is 1. The Labute approximate surface area is 109 Å². The Morgan fingerprint density at radius 1 is 1.44 bits per heavy atom. The third-order valence-electron chi connectivity index (χ3n) is 2.86. The number of ether oxygens (including phenoxy) is 1. The van der Waals surface area contributed by atoms with Gasteiger partial charge in [-0.05, 0) is 25.7 Å². The van der Waals surface area contributed by atoms with Gasteiger partial charge in [0.25, 0.3) is 0 Å². The van der Waals surface area contributed by atoms with Gasteiger partial charge in [0.15, 0.2) is 0 Å². The minimum atomic E-state index is -4.39. The third-order valence-corrected chi connectivity index (χ3v) is 3.13. The van der Waals surface area contributed by atoms with Gasteiger partial charge in [0.2, 0.25) is 5.91 Å². The molecule has 1 saturated heterocycles. The molecular weight excluding hydrogens is 271 g/mol. The minimum Gasteiger partial charge on any atom is -0.362 e. The van der Waals surface area contributed by atoms with Crippen molar-refractivity contribution in [2.45, 2.75) is 37.9 Å². The molecule has 7 heteroatoms. The second kappa shape index (κ2) is 7.19. The van der Waals surface area contributed by atoms with Crippen LogP contribution in [0.4, 0.5) is 13.2 Å². The zero-order chi connectivity index (χ0) is 13.6. The number of rotatable bonds is 6. The average molecular weight is 288 g/mol. The van der Waals surface area contributed by atoms with E-state index in [9.17, 15) is 18.0 Å². The maximum atomic E-state index is 11.9. The van der Waals surface area contributed by atoms with E-state index in [4.69, 9.17) is 11.6 Å². The summed E-state index contributed by atoms with van der Waals surface area (Å²) in [5.41, 5.74) is 0. The van der Waals surface area contributed by atoms with Crippen molar-refractivity contribution in [1.82, 2.24) is 4.90 Å². The number of hydrogen-bond acceptors (Lipinski definition) is 2. The van der Waals surface area contributed by atoms with E-state index in [1.165, 1.54) is 0 Å². The molecule has 0 N–H and O–H groups in total. The number of alkyl halides is 4. The number of carbonyl (C=O) groups excluding carboxylic acids is 1. The van der Waals surface area contributed by atoms with E-state index in [1.807, 2.05) is 0 Å². The van der Waals surface area contributed by atoms with Gasteiger partial charge in [-0.2, -0.15) is 13.2 Å². The Hall–Kier alpha value is -0.490. The largest absolute Gasteiger partial charge is 0.411 e. The van der Waals surface area contributed by atoms with Gasteiger partial charge in [-0.25, -0.2) is 0 Å². The predicted molar refractivity (Wildman–Crippen MR) is 61.6 cm³/mol. The fourth-order valence-corrected chi connectivity index (χ4v) is 2.27. The van der Waals surface area contributed by atoms with E-state index >= 15 is 0 Å². The zero-order valence-corrected chi connectivity index (χ0v) is 10.8. The van der Waals surface area contributed by atoms with Crippen LogP contribution >= 0.6 is 11.6 Å². The fraction of sp³-hybridized carbons (Fsp3) is 0.909. The van der Waals surface area contributed by atoms with Crippen LogP contribution in [-0.2, 0) is 9.53 Å². The van der Waals surface area contributed by atoms with Crippen LogP contribution in [0.15, 0.2) is 0 Å². The molecule has 106 valence electrons. The highest BCUT2D eigenvalue weighted by molar-refractivity contribution is 6.17. The summed E-state index contributed by atoms with van der Waals surface area (Å²) in [6.45, 7) is -1.28. The van der Waals surface area contributed by atoms with Crippen molar-refractivity contribution in [1.29, 1.82) is 0 Å². The molecule has 1 amide bonds. The van der Waals surface area contributed by atoms with E-state index in [0.717, 1.165) is 25.7 Å². The number of amides is 1. The van der Waals surface area contributed by atoms with Crippen molar-refractivity contribution in [2.24, 2.45) is 0 Å². The molecule has 3 nitrogen and oxygen atoms in total. The summed E-state index contributed by atoms with van der Waals surface area (Å²) in [5.74, 6) is 0.166. The quantitative estimate of drug-likeness (QED) is 0.703. The van der Waals surface area contributed by atoms with Crippen LogP contribution in [0.25, 0.3) is 0 Å². The fourth-order valence-electron chi connectivity index (χ4n) is 2.11. The SMILES string of the molecule is O=C(COCC(F)(F)F)N1CCCC1CCCCl. The van der Waals surface area contributed by atoms with E-state index in [2.05, 4.69) is 4.74 Å². The predicted octanol–water partition coefficient (Wildman–Crippen LogP) is 2.58. The molecule has 0 saturated carbocycles. The first-order valence-electron chi connectivity index (χ1n) is 5.94. The maximum absolute atomic E-state index is 11.9. The summed E-state index contributed by atoms with van der Waals surface area (Å²) in [6.07, 6.45) is -1.00. The molecule has 0 aromatic carbocycles. The third kappa shape index (κ3) is 5.44. The highest BCUT2D eigenvalue weighted by Gasteiger charge is 2.31. The van der Waals surface area contributed by atoms with Crippen LogP contribution in [0.1, 0.15) is 25.7 Å². The Morgan fingerprint density at radius 2 is 2.17 bits per heavy atom. The molecule has 0 aromatic rings. The van der Waals surface area contributed by atoms with Crippen molar-refractivity contribution in [3.63, 3.8) is 0 Å². The molecule has 18 heavy (non-hydrogen) atoms. The number of halogens is 4. The minimum absolute atomic E-state index is 0.103. The normalized spacial score (nSPS) is 20.4. The lowest BCUT2D eigenvalue weighted by Crippen LogP contribution is -2.38. The zero-order valence-electron chi connectivity index (χ0n) is 10.0. The van der Waals surface area contributed by atoms with E-state index in [0.29, 0.717) is 12.4 Å². The monoisotopic (exact) mass is 287 g/mol. The number of hydrogen-bond donors (Lipinski definition) is 0. The van der Waals surface area contributed by atoms with Crippen molar-refractivity contribution in [3.8, 4) is 0 Å². The summed E-state index contributed by atoms with van der Waals surface area (Å²) in [5, 5.41) is 0. The molecular formula is C11H17ClF3NO2. The van der Waals surface area contributed by atoms with Crippen molar-refractivity contribution >= 4 is 17.5 Å². The van der Waals surface area contributed by atoms with Crippen LogP contribution in [0.5, 0.6) is 0 Å². The molecule has 1 rings (SSSR count). The maximum Gasteiger partial charge on any atom is 0.411 e. The van der Waals surface area contributed by atoms with Crippen molar-refractivity contribution in [2.75, 3.05) is 25.6 Å². The van der Waals surface area contributed by atoms with Gasteiger partial charge in [-0.1, -0.05) is 0 Å². The summed E-state index contributed by atoms with van der Waals surface area (Å²) < 4.78 is 40.0. The van der Waals surface area contributed by atoms with Crippen LogP contribution < -0.4 is 0 Å². The lowest BCUT2D eigenvalue weighted by Gasteiger charge is -2.24. The summed E-state index contributed by atoms with van der Waals surface area (Å²) in [7, 11) is 0. The van der Waals surface area contributed by atoms with Gasteiger partial charge in [-0.3, -0.25) is 4.79 Å². The molecule has 1 atom stereocenters. The molecule has 0 spiro atoms. The van der Waals surface area contributed by atoms with E-state index < -0.39 is 19.4 Å². The Bertz CT molecular complexity index is 274. The standard InChI is InChI=1S/C11H17ClF3NO2/c12-5-1-3-9-4-2-6-16(9)10(17)7-18-8-11(13,14)15/h9H,1-8H2. The van der Waals surface area contributed by atoms with Crippen molar-refractivity contribution in [3.05, 3.63) is 0 Å². The first kappa shape index (κ1) is 15.6. The Kier molecular flexibility index (Phi) is 6.21. The van der Waals surface area contributed by atoms with Crippen LogP contribution in [-0.4, -0.2) is 48.7 Å². The van der Waals surface area contributed by atoms with Gasteiger partial charge in [-0.15, -0.1) is 11.6 Å². The van der Waals surface area contributed by atoms with Gasteiger partial charge in [0, 0.05) is 18.5 Å². The average Bonchev–Trinajstić information content (AvgIpc) is 2.72. The molecule has 0 aromatic heterocycles. The van der Waals surface area contributed by atoms with Gasteiger partial charge < -0.3 is 9.64 Å². The highest BCUT2D eigenvalue weighted by Crippen LogP contribution is 2.22. The van der Waals surface area contributed by atoms with Gasteiger partial charge in [0.05, 0.1) is 0 Å². The summed E-state index contributed by atoms with van der Waals surface area (Å²) in [6, 6.07) is 0.103. The molecule has 1 aliphatic rings. The molecule has 1 unspecified atom stereocenters. The first-order chi connectivity index (χ1) is 8.44. The van der Waals surface area contributed by atoms with Gasteiger partial charge >= 0.3 is 6.18 Å². The number of nitrogens with zero attached hydrogens (tertiary/aromatic N) is 1. The Morgan fingerprint density at radius 3 is 2.78 bits per heavy atom. The molecule has 1 fully saturated rings. The second-order valence-corrected chi connectivity index (χ2v) is 4.70. The van der Waals surface area contributed by atoms with Crippen molar-refractivity contribution < 1.29 is 22.7 Å². The molecule has 0 bridgehead atoms. The molecule has 0 radical (unpaired) electrons.